The molecule has 0 unspecified atom stereocenters. The van der Waals surface area contributed by atoms with Crippen LogP contribution in [0.25, 0.3) is 0 Å². The van der Waals surface area contributed by atoms with E-state index in [0.29, 0.717) is 5.92 Å². The molecule has 0 bridgehead atoms. The Hall–Kier alpha value is -0.610. The minimum atomic E-state index is 0.100. The Labute approximate surface area is 97.3 Å². The molecule has 1 aliphatic carbocycles. The van der Waals surface area contributed by atoms with Crippen molar-refractivity contribution in [1.82, 2.24) is 10.2 Å². The standard InChI is InChI=1S/C12H22N2O2/c1-14(2)12(5-7-16-8-6-12)9-13-11(15)10-3-4-10/h10H,3-9H2,1-2H3,(H,13,15). The topological polar surface area (TPSA) is 41.6 Å². The highest BCUT2D eigenvalue weighted by molar-refractivity contribution is 5.80. The third kappa shape index (κ3) is 2.55. The van der Waals surface area contributed by atoms with Gasteiger partial charge in [0.2, 0.25) is 5.91 Å². The highest BCUT2D eigenvalue weighted by Crippen LogP contribution is 2.30. The lowest BCUT2D eigenvalue weighted by Gasteiger charge is -2.42. The number of likely N-dealkylation sites (N-methyl/N-ethyl adjacent to an activating group) is 1. The number of carbonyl (C=O) groups is 1. The van der Waals surface area contributed by atoms with E-state index in [2.05, 4.69) is 24.3 Å². The summed E-state index contributed by atoms with van der Waals surface area (Å²) in [6.07, 6.45) is 4.16. The maximum absolute atomic E-state index is 11.7. The molecule has 2 fully saturated rings. The Balaban J connectivity index is 1.88. The third-order valence-corrected chi connectivity index (χ3v) is 3.91. The Morgan fingerprint density at radius 1 is 1.38 bits per heavy atom. The van der Waals surface area contributed by atoms with Crippen LogP contribution in [0.2, 0.25) is 0 Å². The van der Waals surface area contributed by atoms with E-state index in [0.717, 1.165) is 45.4 Å². The molecule has 16 heavy (non-hydrogen) atoms. The van der Waals surface area contributed by atoms with Gasteiger partial charge in [-0.1, -0.05) is 0 Å². The fourth-order valence-corrected chi connectivity index (χ4v) is 2.27. The van der Waals surface area contributed by atoms with Crippen molar-refractivity contribution in [2.24, 2.45) is 5.92 Å². The van der Waals surface area contributed by atoms with Crippen molar-refractivity contribution in [3.63, 3.8) is 0 Å². The lowest BCUT2D eigenvalue weighted by atomic mass is 9.88. The average molecular weight is 226 g/mol. The zero-order chi connectivity index (χ0) is 11.6. The van der Waals surface area contributed by atoms with Crippen molar-refractivity contribution in [2.75, 3.05) is 33.9 Å². The van der Waals surface area contributed by atoms with Gasteiger partial charge in [0.25, 0.3) is 0 Å². The highest BCUT2D eigenvalue weighted by atomic mass is 16.5. The minimum absolute atomic E-state index is 0.100. The number of hydrogen-bond donors (Lipinski definition) is 1. The summed E-state index contributed by atoms with van der Waals surface area (Å²) in [5.41, 5.74) is 0.100. The van der Waals surface area contributed by atoms with Crippen LogP contribution in [0.1, 0.15) is 25.7 Å². The normalized spacial score (nSPS) is 24.4. The molecule has 1 N–H and O–H groups in total. The molecular weight excluding hydrogens is 204 g/mol. The molecule has 4 heteroatoms. The first-order valence-electron chi connectivity index (χ1n) is 6.17. The van der Waals surface area contributed by atoms with E-state index in [9.17, 15) is 4.79 Å². The summed E-state index contributed by atoms with van der Waals surface area (Å²) in [5.74, 6) is 0.548. The molecule has 1 saturated heterocycles. The summed E-state index contributed by atoms with van der Waals surface area (Å²) >= 11 is 0. The molecule has 4 nitrogen and oxygen atoms in total. The molecule has 0 atom stereocenters. The molecule has 1 saturated carbocycles. The molecule has 2 aliphatic rings. The number of nitrogens with zero attached hydrogens (tertiary/aromatic N) is 1. The van der Waals surface area contributed by atoms with E-state index >= 15 is 0 Å². The van der Waals surface area contributed by atoms with Crippen LogP contribution < -0.4 is 5.32 Å². The van der Waals surface area contributed by atoms with Gasteiger partial charge in [-0.25, -0.2) is 0 Å². The van der Waals surface area contributed by atoms with Gasteiger partial charge in [0.15, 0.2) is 0 Å². The molecule has 2 rings (SSSR count). The SMILES string of the molecule is CN(C)C1(CNC(=O)C2CC2)CCOCC1. The monoisotopic (exact) mass is 226 g/mol. The van der Waals surface area contributed by atoms with E-state index in [1.165, 1.54) is 0 Å². The Kier molecular flexibility index (Phi) is 3.50. The van der Waals surface area contributed by atoms with Gasteiger partial charge in [0.05, 0.1) is 0 Å². The quantitative estimate of drug-likeness (QED) is 0.764. The van der Waals surface area contributed by atoms with Crippen molar-refractivity contribution in [3.05, 3.63) is 0 Å². The van der Waals surface area contributed by atoms with E-state index in [1.54, 1.807) is 0 Å². The number of amides is 1. The average Bonchev–Trinajstić information content (AvgIpc) is 3.11. The zero-order valence-electron chi connectivity index (χ0n) is 10.3. The van der Waals surface area contributed by atoms with E-state index in [4.69, 9.17) is 4.74 Å². The predicted octanol–water partition coefficient (Wildman–Crippen LogP) is 0.623. The first-order chi connectivity index (χ1) is 7.64. The number of nitrogens with one attached hydrogen (secondary N) is 1. The van der Waals surface area contributed by atoms with Crippen LogP contribution >= 0.6 is 0 Å². The first-order valence-corrected chi connectivity index (χ1v) is 6.17. The second-order valence-electron chi connectivity index (χ2n) is 5.22. The molecule has 0 spiro atoms. The molecule has 0 aromatic carbocycles. The zero-order valence-corrected chi connectivity index (χ0v) is 10.3. The number of hydrogen-bond acceptors (Lipinski definition) is 3. The molecule has 92 valence electrons. The molecule has 0 aromatic heterocycles. The van der Waals surface area contributed by atoms with Crippen molar-refractivity contribution in [2.45, 2.75) is 31.2 Å². The molecule has 1 heterocycles. The van der Waals surface area contributed by atoms with E-state index in [1.807, 2.05) is 0 Å². The summed E-state index contributed by atoms with van der Waals surface area (Å²) in [7, 11) is 4.18. The van der Waals surface area contributed by atoms with Crippen molar-refractivity contribution < 1.29 is 9.53 Å². The first kappa shape index (κ1) is 11.9. The Morgan fingerprint density at radius 3 is 2.50 bits per heavy atom. The van der Waals surface area contributed by atoms with Gasteiger partial charge >= 0.3 is 0 Å². The lowest BCUT2D eigenvalue weighted by Crippen LogP contribution is -2.55. The maximum atomic E-state index is 11.7. The smallest absolute Gasteiger partial charge is 0.223 e. The maximum Gasteiger partial charge on any atom is 0.223 e. The Morgan fingerprint density at radius 2 is 2.00 bits per heavy atom. The molecule has 1 amide bonds. The van der Waals surface area contributed by atoms with Gasteiger partial charge in [-0.2, -0.15) is 0 Å². The summed E-state index contributed by atoms with van der Waals surface area (Å²) in [6, 6.07) is 0. The van der Waals surface area contributed by atoms with Gasteiger partial charge in [-0.3, -0.25) is 4.79 Å². The number of ether oxygens (including phenoxy) is 1. The fourth-order valence-electron chi connectivity index (χ4n) is 2.27. The fraction of sp³-hybridized carbons (Fsp3) is 0.917. The summed E-state index contributed by atoms with van der Waals surface area (Å²) in [5, 5.41) is 3.10. The van der Waals surface area contributed by atoms with Crippen LogP contribution in [0.3, 0.4) is 0 Å². The predicted molar refractivity (Wildman–Crippen MR) is 62.2 cm³/mol. The van der Waals surface area contributed by atoms with Crippen LogP contribution in [-0.4, -0.2) is 50.2 Å². The van der Waals surface area contributed by atoms with Crippen LogP contribution in [-0.2, 0) is 9.53 Å². The Bertz CT molecular complexity index is 256. The van der Waals surface area contributed by atoms with Crippen LogP contribution in [0.5, 0.6) is 0 Å². The second kappa shape index (κ2) is 4.72. The highest BCUT2D eigenvalue weighted by Gasteiger charge is 2.37. The van der Waals surface area contributed by atoms with Crippen molar-refractivity contribution >= 4 is 5.91 Å². The summed E-state index contributed by atoms with van der Waals surface area (Å²) in [6.45, 7) is 2.37. The largest absolute Gasteiger partial charge is 0.381 e. The van der Waals surface area contributed by atoms with E-state index < -0.39 is 0 Å². The minimum Gasteiger partial charge on any atom is -0.381 e. The van der Waals surface area contributed by atoms with Gasteiger partial charge in [-0.05, 0) is 39.8 Å². The van der Waals surface area contributed by atoms with Crippen LogP contribution in [0.4, 0.5) is 0 Å². The van der Waals surface area contributed by atoms with Gasteiger partial charge in [-0.15, -0.1) is 0 Å². The molecule has 0 aromatic rings. The van der Waals surface area contributed by atoms with Crippen molar-refractivity contribution in [1.29, 1.82) is 0 Å². The molecule has 1 aliphatic heterocycles. The number of carbonyl (C=O) groups excluding carboxylic acids is 1. The summed E-state index contributed by atoms with van der Waals surface area (Å²) in [4.78, 5) is 13.9. The van der Waals surface area contributed by atoms with Crippen LogP contribution in [0.15, 0.2) is 0 Å². The van der Waals surface area contributed by atoms with Gasteiger partial charge < -0.3 is 15.0 Å². The van der Waals surface area contributed by atoms with E-state index in [-0.39, 0.29) is 11.4 Å². The lowest BCUT2D eigenvalue weighted by molar-refractivity contribution is -0.123. The summed E-state index contributed by atoms with van der Waals surface area (Å²) < 4.78 is 5.40. The van der Waals surface area contributed by atoms with Crippen LogP contribution in [0, 0.1) is 5.92 Å². The molecule has 0 radical (unpaired) electrons. The van der Waals surface area contributed by atoms with Crippen molar-refractivity contribution in [3.8, 4) is 0 Å². The number of rotatable bonds is 4. The van der Waals surface area contributed by atoms with Gasteiger partial charge in [0, 0.05) is 31.2 Å². The molecular formula is C12H22N2O2. The second-order valence-corrected chi connectivity index (χ2v) is 5.22. The van der Waals surface area contributed by atoms with Gasteiger partial charge in [0.1, 0.15) is 0 Å². The third-order valence-electron chi connectivity index (χ3n) is 3.91.